The predicted molar refractivity (Wildman–Crippen MR) is 118 cm³/mol. The average Bonchev–Trinajstić information content (AvgIpc) is 3.22. The maximum Gasteiger partial charge on any atom is 0.253 e. The molecular formula is C21H23N3O4S2. The van der Waals surface area contributed by atoms with Crippen LogP contribution in [0.1, 0.15) is 17.3 Å². The molecule has 1 aromatic heterocycles. The minimum atomic E-state index is -3.26. The van der Waals surface area contributed by atoms with Gasteiger partial charge in [-0.1, -0.05) is 18.3 Å². The van der Waals surface area contributed by atoms with Crippen molar-refractivity contribution in [2.75, 3.05) is 43.9 Å². The third-order valence-corrected chi connectivity index (χ3v) is 8.09. The summed E-state index contributed by atoms with van der Waals surface area (Å²) in [7, 11) is -1.62. The van der Waals surface area contributed by atoms with Gasteiger partial charge >= 0.3 is 0 Å². The molecule has 1 aliphatic heterocycles. The number of aromatic nitrogens is 1. The first-order valence-electron chi connectivity index (χ1n) is 9.73. The number of hydrogen-bond donors (Lipinski definition) is 0. The molecule has 1 aliphatic rings. The Hall–Kier alpha value is -2.65. The van der Waals surface area contributed by atoms with Crippen molar-refractivity contribution >= 4 is 42.4 Å². The molecule has 0 radical (unpaired) electrons. The number of anilines is 1. The SMILES string of the molecule is CCS(=O)(=O)c1ccc(C(=O)N2CCN(c3nc4ccc(OC)cc4s3)CC2)cc1. The maximum absolute atomic E-state index is 12.8. The molecule has 0 bridgehead atoms. The van der Waals surface area contributed by atoms with E-state index in [1.165, 1.54) is 12.1 Å². The van der Waals surface area contributed by atoms with Crippen LogP contribution < -0.4 is 9.64 Å². The van der Waals surface area contributed by atoms with E-state index in [1.54, 1.807) is 42.4 Å². The van der Waals surface area contributed by atoms with Gasteiger partial charge in [0.25, 0.3) is 5.91 Å². The van der Waals surface area contributed by atoms with E-state index in [9.17, 15) is 13.2 Å². The van der Waals surface area contributed by atoms with Gasteiger partial charge in [-0.2, -0.15) is 0 Å². The van der Waals surface area contributed by atoms with E-state index >= 15 is 0 Å². The van der Waals surface area contributed by atoms with Gasteiger partial charge in [0.15, 0.2) is 15.0 Å². The van der Waals surface area contributed by atoms with E-state index in [0.717, 1.165) is 21.1 Å². The monoisotopic (exact) mass is 445 g/mol. The number of benzene rings is 2. The molecule has 30 heavy (non-hydrogen) atoms. The summed E-state index contributed by atoms with van der Waals surface area (Å²) >= 11 is 1.62. The third kappa shape index (κ3) is 3.99. The molecule has 2 heterocycles. The highest BCUT2D eigenvalue weighted by Crippen LogP contribution is 2.32. The Kier molecular flexibility index (Phi) is 5.66. The van der Waals surface area contributed by atoms with Crippen molar-refractivity contribution in [3.05, 3.63) is 48.0 Å². The molecule has 1 fully saturated rings. The molecule has 0 N–H and O–H groups in total. The van der Waals surface area contributed by atoms with Gasteiger partial charge in [0.2, 0.25) is 0 Å². The number of piperazine rings is 1. The fraction of sp³-hybridized carbons (Fsp3) is 0.333. The van der Waals surface area contributed by atoms with E-state index in [0.29, 0.717) is 31.7 Å². The predicted octanol–water partition coefficient (Wildman–Crippen LogP) is 3.06. The maximum atomic E-state index is 12.8. The van der Waals surface area contributed by atoms with Crippen molar-refractivity contribution in [2.24, 2.45) is 0 Å². The standard InChI is InChI=1S/C21H23N3O4S2/c1-3-30(26,27)17-7-4-15(5-8-17)20(25)23-10-12-24(13-11-23)21-22-18-9-6-16(28-2)14-19(18)29-21/h4-9,14H,3,10-13H2,1-2H3. The highest BCUT2D eigenvalue weighted by atomic mass is 32.2. The number of methoxy groups -OCH3 is 1. The summed E-state index contributed by atoms with van der Waals surface area (Å²) < 4.78 is 30.2. The molecule has 0 unspecified atom stereocenters. The van der Waals surface area contributed by atoms with Gasteiger partial charge in [0, 0.05) is 31.7 Å². The lowest BCUT2D eigenvalue weighted by Crippen LogP contribution is -2.48. The second-order valence-electron chi connectivity index (χ2n) is 7.04. The number of nitrogens with zero attached hydrogens (tertiary/aromatic N) is 3. The lowest BCUT2D eigenvalue weighted by atomic mass is 10.2. The van der Waals surface area contributed by atoms with E-state index in [4.69, 9.17) is 9.72 Å². The van der Waals surface area contributed by atoms with Crippen LogP contribution in [0.2, 0.25) is 0 Å². The number of thiazole rings is 1. The van der Waals surface area contributed by atoms with Crippen molar-refractivity contribution in [3.8, 4) is 5.75 Å². The largest absolute Gasteiger partial charge is 0.497 e. The molecule has 1 amide bonds. The smallest absolute Gasteiger partial charge is 0.253 e. The molecule has 4 rings (SSSR count). The summed E-state index contributed by atoms with van der Waals surface area (Å²) in [5, 5.41) is 0.944. The Balaban J connectivity index is 1.42. The summed E-state index contributed by atoms with van der Waals surface area (Å²) in [6.45, 7) is 4.19. The van der Waals surface area contributed by atoms with E-state index < -0.39 is 9.84 Å². The van der Waals surface area contributed by atoms with E-state index in [-0.39, 0.29) is 16.6 Å². The minimum Gasteiger partial charge on any atom is -0.497 e. The van der Waals surface area contributed by atoms with Crippen molar-refractivity contribution in [1.29, 1.82) is 0 Å². The molecule has 3 aromatic rings. The molecule has 2 aromatic carbocycles. The van der Waals surface area contributed by atoms with Gasteiger partial charge in [-0.3, -0.25) is 4.79 Å². The van der Waals surface area contributed by atoms with Gasteiger partial charge in [0.05, 0.1) is 28.0 Å². The quantitative estimate of drug-likeness (QED) is 0.601. The van der Waals surface area contributed by atoms with Crippen LogP contribution >= 0.6 is 11.3 Å². The van der Waals surface area contributed by atoms with Crippen LogP contribution in [0.5, 0.6) is 5.75 Å². The van der Waals surface area contributed by atoms with Crippen molar-refractivity contribution < 1.29 is 17.9 Å². The number of carbonyl (C=O) groups excluding carboxylic acids is 1. The van der Waals surface area contributed by atoms with Crippen LogP contribution in [0.3, 0.4) is 0 Å². The lowest BCUT2D eigenvalue weighted by molar-refractivity contribution is 0.0746. The molecule has 9 heteroatoms. The Morgan fingerprint density at radius 1 is 1.10 bits per heavy atom. The number of carbonyl (C=O) groups is 1. The fourth-order valence-electron chi connectivity index (χ4n) is 3.41. The molecule has 1 saturated heterocycles. The van der Waals surface area contributed by atoms with Crippen molar-refractivity contribution in [3.63, 3.8) is 0 Å². The van der Waals surface area contributed by atoms with Crippen LogP contribution in [-0.2, 0) is 9.84 Å². The number of rotatable bonds is 5. The average molecular weight is 446 g/mol. The van der Waals surface area contributed by atoms with Crippen LogP contribution in [0.4, 0.5) is 5.13 Å². The van der Waals surface area contributed by atoms with Crippen LogP contribution in [0.15, 0.2) is 47.4 Å². The topological polar surface area (TPSA) is 79.8 Å². The molecule has 158 valence electrons. The second kappa shape index (κ2) is 8.23. The third-order valence-electron chi connectivity index (χ3n) is 5.26. The van der Waals surface area contributed by atoms with E-state index in [1.807, 2.05) is 18.2 Å². The Bertz CT molecular complexity index is 1160. The molecule has 0 saturated carbocycles. The first-order valence-corrected chi connectivity index (χ1v) is 12.2. The van der Waals surface area contributed by atoms with Gasteiger partial charge < -0.3 is 14.5 Å². The van der Waals surface area contributed by atoms with Crippen LogP contribution in [0.25, 0.3) is 10.2 Å². The lowest BCUT2D eigenvalue weighted by Gasteiger charge is -2.34. The molecule has 0 atom stereocenters. The Morgan fingerprint density at radius 2 is 1.80 bits per heavy atom. The second-order valence-corrected chi connectivity index (χ2v) is 10.3. The van der Waals surface area contributed by atoms with Gasteiger partial charge in [0.1, 0.15) is 5.75 Å². The number of hydrogen-bond acceptors (Lipinski definition) is 7. The molecule has 0 aliphatic carbocycles. The van der Waals surface area contributed by atoms with Crippen molar-refractivity contribution in [2.45, 2.75) is 11.8 Å². The highest BCUT2D eigenvalue weighted by molar-refractivity contribution is 7.91. The number of fused-ring (bicyclic) bond motifs is 1. The first-order chi connectivity index (χ1) is 14.4. The first kappa shape index (κ1) is 20.6. The van der Waals surface area contributed by atoms with Crippen molar-refractivity contribution in [1.82, 2.24) is 9.88 Å². The summed E-state index contributed by atoms with van der Waals surface area (Å²) in [5.41, 5.74) is 1.45. The van der Waals surface area contributed by atoms with E-state index in [2.05, 4.69) is 4.90 Å². The zero-order valence-electron chi connectivity index (χ0n) is 16.9. The fourth-order valence-corrected chi connectivity index (χ4v) is 5.34. The summed E-state index contributed by atoms with van der Waals surface area (Å²) in [4.78, 5) is 21.8. The van der Waals surface area contributed by atoms with Crippen LogP contribution in [0, 0.1) is 0 Å². The number of amides is 1. The minimum absolute atomic E-state index is 0.0425. The molecular weight excluding hydrogens is 422 g/mol. The normalized spacial score (nSPS) is 14.9. The zero-order chi connectivity index (χ0) is 21.3. The Morgan fingerprint density at radius 3 is 2.43 bits per heavy atom. The Labute approximate surface area is 179 Å². The molecule has 7 nitrogen and oxygen atoms in total. The summed E-state index contributed by atoms with van der Waals surface area (Å²) in [6, 6.07) is 12.1. The summed E-state index contributed by atoms with van der Waals surface area (Å²) in [5.74, 6) is 0.774. The van der Waals surface area contributed by atoms with Gasteiger partial charge in [-0.05, 0) is 42.5 Å². The zero-order valence-corrected chi connectivity index (χ0v) is 18.5. The highest BCUT2D eigenvalue weighted by Gasteiger charge is 2.24. The van der Waals surface area contributed by atoms with Gasteiger partial charge in [-0.25, -0.2) is 13.4 Å². The number of ether oxygens (including phenoxy) is 1. The summed E-state index contributed by atoms with van der Waals surface area (Å²) in [6.07, 6.45) is 0. The molecule has 0 spiro atoms. The van der Waals surface area contributed by atoms with Crippen LogP contribution in [-0.4, -0.2) is 63.3 Å². The van der Waals surface area contributed by atoms with Gasteiger partial charge in [-0.15, -0.1) is 0 Å². The number of sulfone groups is 1.